The number of nitrogen functional groups attached to an aromatic ring is 1. The van der Waals surface area contributed by atoms with Crippen molar-refractivity contribution in [3.63, 3.8) is 0 Å². The van der Waals surface area contributed by atoms with Gasteiger partial charge in [0, 0.05) is 30.1 Å². The van der Waals surface area contributed by atoms with Crippen LogP contribution in [0, 0.1) is 5.82 Å². The van der Waals surface area contributed by atoms with Gasteiger partial charge in [-0.25, -0.2) is 4.39 Å². The van der Waals surface area contributed by atoms with Crippen LogP contribution in [0.5, 0.6) is 0 Å². The summed E-state index contributed by atoms with van der Waals surface area (Å²) in [6.45, 7) is 1.70. The summed E-state index contributed by atoms with van der Waals surface area (Å²) in [5, 5.41) is 3.01. The number of hydrogen-bond acceptors (Lipinski definition) is 7. The molecule has 0 unspecified atom stereocenters. The molecule has 0 bridgehead atoms. The number of aromatic nitrogens is 3. The molecule has 0 saturated carbocycles. The van der Waals surface area contributed by atoms with Crippen LogP contribution in [0.2, 0.25) is 0 Å². The zero-order valence-corrected chi connectivity index (χ0v) is 17.7. The van der Waals surface area contributed by atoms with E-state index in [9.17, 15) is 9.18 Å². The van der Waals surface area contributed by atoms with Crippen LogP contribution in [0.15, 0.2) is 48.5 Å². The van der Waals surface area contributed by atoms with Gasteiger partial charge in [-0.1, -0.05) is 12.1 Å². The lowest BCUT2D eigenvalue weighted by Gasteiger charge is -2.15. The Balaban J connectivity index is 1.32. The van der Waals surface area contributed by atoms with Crippen LogP contribution in [-0.4, -0.2) is 38.8 Å². The van der Waals surface area contributed by atoms with Crippen LogP contribution in [0.1, 0.15) is 34.6 Å². The normalized spacial score (nSPS) is 13.4. The molecule has 2 heterocycles. The molecule has 1 amide bonds. The van der Waals surface area contributed by atoms with Crippen LogP contribution < -0.4 is 11.1 Å². The number of halogens is 1. The second kappa shape index (κ2) is 9.74. The second-order valence-electron chi connectivity index (χ2n) is 7.25. The number of nitrogens with two attached hydrogens (primary N) is 1. The lowest BCUT2D eigenvalue weighted by atomic mass is 10.1. The first-order chi connectivity index (χ1) is 15.1. The molecule has 9 heteroatoms. The molecule has 3 aromatic rings. The summed E-state index contributed by atoms with van der Waals surface area (Å²) < 4.78 is 13.1. The van der Waals surface area contributed by atoms with Crippen molar-refractivity contribution in [2.45, 2.75) is 24.3 Å². The molecule has 1 fully saturated rings. The zero-order valence-electron chi connectivity index (χ0n) is 16.9. The van der Waals surface area contributed by atoms with Gasteiger partial charge in [0.05, 0.1) is 5.75 Å². The molecule has 160 valence electrons. The average Bonchev–Trinajstić information content (AvgIpc) is 3.30. The van der Waals surface area contributed by atoms with Gasteiger partial charge in [0.15, 0.2) is 0 Å². The fraction of sp³-hybridized carbons (Fsp3) is 0.273. The van der Waals surface area contributed by atoms with Crippen molar-refractivity contribution in [2.24, 2.45) is 0 Å². The number of nitrogens with one attached hydrogen (secondary N) is 1. The van der Waals surface area contributed by atoms with Crippen molar-refractivity contribution in [3.05, 3.63) is 71.3 Å². The van der Waals surface area contributed by atoms with E-state index < -0.39 is 0 Å². The number of anilines is 3. The van der Waals surface area contributed by atoms with E-state index in [0.29, 0.717) is 23.2 Å². The molecule has 7 nitrogen and oxygen atoms in total. The Labute approximate surface area is 184 Å². The number of nitrogens with zero attached hydrogens (tertiary/aromatic N) is 4. The first kappa shape index (κ1) is 21.0. The minimum Gasteiger partial charge on any atom is -0.368 e. The highest BCUT2D eigenvalue weighted by Crippen LogP contribution is 2.20. The van der Waals surface area contributed by atoms with Gasteiger partial charge in [0.1, 0.15) is 11.6 Å². The number of rotatable bonds is 7. The molecule has 0 spiro atoms. The summed E-state index contributed by atoms with van der Waals surface area (Å²) in [4.78, 5) is 27.0. The zero-order chi connectivity index (χ0) is 21.6. The van der Waals surface area contributed by atoms with E-state index in [1.54, 1.807) is 23.9 Å². The number of carbonyl (C=O) groups is 1. The molecule has 1 aliphatic rings. The van der Waals surface area contributed by atoms with Crippen molar-refractivity contribution in [2.75, 3.05) is 24.1 Å². The number of carbonyl (C=O) groups excluding carboxylic acids is 1. The largest absolute Gasteiger partial charge is 0.368 e. The number of amides is 1. The van der Waals surface area contributed by atoms with Gasteiger partial charge in [-0.3, -0.25) is 4.79 Å². The fourth-order valence-corrected chi connectivity index (χ4v) is 4.17. The predicted molar refractivity (Wildman–Crippen MR) is 121 cm³/mol. The molecule has 31 heavy (non-hydrogen) atoms. The van der Waals surface area contributed by atoms with Crippen LogP contribution in [-0.2, 0) is 11.5 Å². The molecule has 0 atom stereocenters. The van der Waals surface area contributed by atoms with Crippen LogP contribution in [0.4, 0.5) is 22.0 Å². The highest BCUT2D eigenvalue weighted by atomic mass is 32.2. The lowest BCUT2D eigenvalue weighted by molar-refractivity contribution is 0.0793. The molecular formula is C22H23FN6OS. The van der Waals surface area contributed by atoms with Gasteiger partial charge in [-0.2, -0.15) is 15.0 Å². The van der Waals surface area contributed by atoms with E-state index in [0.717, 1.165) is 42.8 Å². The van der Waals surface area contributed by atoms with Crippen LogP contribution >= 0.6 is 11.8 Å². The van der Waals surface area contributed by atoms with Crippen molar-refractivity contribution < 1.29 is 9.18 Å². The van der Waals surface area contributed by atoms with E-state index in [4.69, 9.17) is 5.73 Å². The Kier molecular flexibility index (Phi) is 6.61. The second-order valence-corrected chi connectivity index (χ2v) is 8.24. The SMILES string of the molecule is Nc1nc(CSCc2ccc(C(=O)N3CCCC3)cc2)nc(Nc2ccc(F)cc2)n1. The number of benzene rings is 2. The summed E-state index contributed by atoms with van der Waals surface area (Å²) in [7, 11) is 0. The van der Waals surface area contributed by atoms with E-state index in [2.05, 4.69) is 20.3 Å². The minimum absolute atomic E-state index is 0.110. The minimum atomic E-state index is -0.314. The maximum atomic E-state index is 13.1. The van der Waals surface area contributed by atoms with Gasteiger partial charge in [-0.05, 0) is 54.8 Å². The molecule has 2 aromatic carbocycles. The molecular weight excluding hydrogens is 415 g/mol. The Hall–Kier alpha value is -3.20. The number of thioether (sulfide) groups is 1. The van der Waals surface area contributed by atoms with Crippen molar-refractivity contribution in [3.8, 4) is 0 Å². The van der Waals surface area contributed by atoms with Gasteiger partial charge in [-0.15, -0.1) is 11.8 Å². The summed E-state index contributed by atoms with van der Waals surface area (Å²) in [6, 6.07) is 13.7. The third-order valence-corrected chi connectivity index (χ3v) is 5.89. The monoisotopic (exact) mass is 438 g/mol. The smallest absolute Gasteiger partial charge is 0.253 e. The number of likely N-dealkylation sites (tertiary alicyclic amines) is 1. The Morgan fingerprint density at radius 3 is 2.42 bits per heavy atom. The van der Waals surface area contributed by atoms with Crippen LogP contribution in [0.25, 0.3) is 0 Å². The summed E-state index contributed by atoms with van der Waals surface area (Å²) in [6.07, 6.45) is 2.17. The third-order valence-electron chi connectivity index (χ3n) is 4.89. The average molecular weight is 439 g/mol. The van der Waals surface area contributed by atoms with Gasteiger partial charge in [0.2, 0.25) is 11.9 Å². The first-order valence-electron chi connectivity index (χ1n) is 10.1. The third kappa shape index (κ3) is 5.69. The topological polar surface area (TPSA) is 97.0 Å². The molecule has 3 N–H and O–H groups in total. The fourth-order valence-electron chi connectivity index (χ4n) is 3.33. The Morgan fingerprint density at radius 2 is 1.71 bits per heavy atom. The van der Waals surface area contributed by atoms with E-state index in [-0.39, 0.29) is 17.7 Å². The Bertz CT molecular complexity index is 1040. The quantitative estimate of drug-likeness (QED) is 0.575. The maximum absolute atomic E-state index is 13.1. The van der Waals surface area contributed by atoms with Gasteiger partial charge < -0.3 is 16.0 Å². The first-order valence-corrected chi connectivity index (χ1v) is 11.2. The van der Waals surface area contributed by atoms with Crippen LogP contribution in [0.3, 0.4) is 0 Å². The van der Waals surface area contributed by atoms with E-state index >= 15 is 0 Å². The Morgan fingerprint density at radius 1 is 1.00 bits per heavy atom. The highest BCUT2D eigenvalue weighted by molar-refractivity contribution is 7.97. The predicted octanol–water partition coefficient (Wildman–Crippen LogP) is 4.01. The lowest BCUT2D eigenvalue weighted by Crippen LogP contribution is -2.27. The molecule has 1 aliphatic heterocycles. The highest BCUT2D eigenvalue weighted by Gasteiger charge is 2.19. The number of hydrogen-bond donors (Lipinski definition) is 2. The van der Waals surface area contributed by atoms with Crippen molar-refractivity contribution >= 4 is 35.3 Å². The molecule has 4 rings (SSSR count). The molecule has 0 aliphatic carbocycles. The van der Waals surface area contributed by atoms with Crippen molar-refractivity contribution in [1.82, 2.24) is 19.9 Å². The molecule has 1 saturated heterocycles. The molecule has 0 radical (unpaired) electrons. The van der Waals surface area contributed by atoms with Gasteiger partial charge >= 0.3 is 0 Å². The summed E-state index contributed by atoms with van der Waals surface area (Å²) in [5.41, 5.74) is 8.32. The standard InChI is InChI=1S/C22H23FN6OS/c23-17-7-9-18(10-8-17)25-22-27-19(26-21(24)28-22)14-31-13-15-3-5-16(6-4-15)20(30)29-11-1-2-12-29/h3-10H,1-2,11-14H2,(H3,24,25,26,27,28). The molecule has 1 aromatic heterocycles. The van der Waals surface area contributed by atoms with E-state index in [1.165, 1.54) is 12.1 Å². The summed E-state index contributed by atoms with van der Waals surface area (Å²) in [5.74, 6) is 2.11. The summed E-state index contributed by atoms with van der Waals surface area (Å²) >= 11 is 1.64. The van der Waals surface area contributed by atoms with E-state index in [1.807, 2.05) is 29.2 Å². The maximum Gasteiger partial charge on any atom is 0.253 e. The van der Waals surface area contributed by atoms with Crippen molar-refractivity contribution in [1.29, 1.82) is 0 Å². The van der Waals surface area contributed by atoms with Gasteiger partial charge in [0.25, 0.3) is 5.91 Å².